The molecule has 0 saturated heterocycles. The summed E-state index contributed by atoms with van der Waals surface area (Å²) >= 11 is 0. The SMILES string of the molecule is CCCNc1ncc(C)c(Oc2cnn(CC)c2)n1. The molecule has 6 heteroatoms. The summed E-state index contributed by atoms with van der Waals surface area (Å²) in [6.07, 6.45) is 6.31. The van der Waals surface area contributed by atoms with E-state index in [-0.39, 0.29) is 0 Å². The average molecular weight is 261 g/mol. The Morgan fingerprint density at radius 3 is 2.84 bits per heavy atom. The number of aryl methyl sites for hydroxylation is 2. The van der Waals surface area contributed by atoms with Crippen LogP contribution in [0.25, 0.3) is 0 Å². The number of aromatic nitrogens is 4. The lowest BCUT2D eigenvalue weighted by molar-refractivity contribution is 0.457. The van der Waals surface area contributed by atoms with Crippen molar-refractivity contribution in [1.82, 2.24) is 19.7 Å². The summed E-state index contributed by atoms with van der Waals surface area (Å²) in [5.41, 5.74) is 0.895. The molecular formula is C13H19N5O. The molecule has 0 aliphatic rings. The highest BCUT2D eigenvalue weighted by molar-refractivity contribution is 5.34. The smallest absolute Gasteiger partial charge is 0.227 e. The van der Waals surface area contributed by atoms with E-state index in [1.165, 1.54) is 0 Å². The molecule has 0 atom stereocenters. The van der Waals surface area contributed by atoms with Gasteiger partial charge in [-0.2, -0.15) is 10.1 Å². The van der Waals surface area contributed by atoms with E-state index in [1.54, 1.807) is 12.4 Å². The summed E-state index contributed by atoms with van der Waals surface area (Å²) in [5.74, 6) is 1.83. The molecule has 0 fully saturated rings. The van der Waals surface area contributed by atoms with E-state index in [1.807, 2.05) is 24.7 Å². The largest absolute Gasteiger partial charge is 0.435 e. The predicted octanol–water partition coefficient (Wildman–Crippen LogP) is 2.62. The van der Waals surface area contributed by atoms with Gasteiger partial charge in [0.25, 0.3) is 0 Å². The quantitative estimate of drug-likeness (QED) is 0.866. The molecule has 0 amide bonds. The Morgan fingerprint density at radius 2 is 2.16 bits per heavy atom. The van der Waals surface area contributed by atoms with E-state index >= 15 is 0 Å². The van der Waals surface area contributed by atoms with Crippen LogP contribution in [-0.2, 0) is 6.54 Å². The minimum Gasteiger partial charge on any atom is -0.435 e. The van der Waals surface area contributed by atoms with Crippen molar-refractivity contribution in [3.8, 4) is 11.6 Å². The zero-order valence-corrected chi connectivity index (χ0v) is 11.6. The standard InChI is InChI=1S/C13H19N5O/c1-4-6-14-13-15-7-10(3)12(17-13)19-11-8-16-18(5-2)9-11/h7-9H,4-6H2,1-3H3,(H,14,15,17). The van der Waals surface area contributed by atoms with E-state index in [2.05, 4.69) is 27.3 Å². The number of hydrogen-bond donors (Lipinski definition) is 1. The van der Waals surface area contributed by atoms with Gasteiger partial charge in [-0.3, -0.25) is 4.68 Å². The summed E-state index contributed by atoms with van der Waals surface area (Å²) in [6.45, 7) is 7.70. The molecule has 2 aromatic rings. The van der Waals surface area contributed by atoms with Crippen molar-refractivity contribution in [3.05, 3.63) is 24.2 Å². The second-order valence-corrected chi connectivity index (χ2v) is 4.24. The van der Waals surface area contributed by atoms with Gasteiger partial charge in [-0.25, -0.2) is 4.98 Å². The minimum atomic E-state index is 0.559. The first-order valence-corrected chi connectivity index (χ1v) is 6.50. The summed E-state index contributed by atoms with van der Waals surface area (Å²) in [6, 6.07) is 0. The van der Waals surface area contributed by atoms with Crippen molar-refractivity contribution < 1.29 is 4.74 Å². The zero-order chi connectivity index (χ0) is 13.7. The van der Waals surface area contributed by atoms with E-state index in [4.69, 9.17) is 4.74 Å². The summed E-state index contributed by atoms with van der Waals surface area (Å²) < 4.78 is 7.55. The van der Waals surface area contributed by atoms with Crippen molar-refractivity contribution in [2.24, 2.45) is 0 Å². The van der Waals surface area contributed by atoms with E-state index < -0.39 is 0 Å². The molecule has 1 N–H and O–H groups in total. The molecule has 2 aromatic heterocycles. The van der Waals surface area contributed by atoms with Crippen LogP contribution in [0.5, 0.6) is 11.6 Å². The van der Waals surface area contributed by atoms with Crippen molar-refractivity contribution >= 4 is 5.95 Å². The lowest BCUT2D eigenvalue weighted by Gasteiger charge is -2.08. The van der Waals surface area contributed by atoms with Crippen molar-refractivity contribution in [1.29, 1.82) is 0 Å². The monoisotopic (exact) mass is 261 g/mol. The van der Waals surface area contributed by atoms with Crippen LogP contribution in [-0.4, -0.2) is 26.3 Å². The zero-order valence-electron chi connectivity index (χ0n) is 11.6. The maximum atomic E-state index is 5.74. The third kappa shape index (κ3) is 3.43. The Morgan fingerprint density at radius 1 is 1.32 bits per heavy atom. The van der Waals surface area contributed by atoms with E-state index in [0.717, 1.165) is 25.1 Å². The van der Waals surface area contributed by atoms with Crippen molar-refractivity contribution in [2.75, 3.05) is 11.9 Å². The molecule has 0 saturated carbocycles. The van der Waals surface area contributed by atoms with Gasteiger partial charge >= 0.3 is 0 Å². The van der Waals surface area contributed by atoms with Crippen molar-refractivity contribution in [2.45, 2.75) is 33.7 Å². The molecule has 2 heterocycles. The number of hydrogen-bond acceptors (Lipinski definition) is 5. The molecule has 0 aromatic carbocycles. The lowest BCUT2D eigenvalue weighted by atomic mass is 10.4. The van der Waals surface area contributed by atoms with Gasteiger partial charge in [0.1, 0.15) is 0 Å². The Kier molecular flexibility index (Phi) is 4.33. The molecule has 0 unspecified atom stereocenters. The molecule has 0 spiro atoms. The van der Waals surface area contributed by atoms with E-state index in [0.29, 0.717) is 17.6 Å². The van der Waals surface area contributed by atoms with Gasteiger partial charge in [-0.15, -0.1) is 0 Å². The van der Waals surface area contributed by atoms with Gasteiger partial charge in [0.05, 0.1) is 12.4 Å². The fraction of sp³-hybridized carbons (Fsp3) is 0.462. The highest BCUT2D eigenvalue weighted by Gasteiger charge is 2.07. The highest BCUT2D eigenvalue weighted by Crippen LogP contribution is 2.22. The van der Waals surface area contributed by atoms with Crippen LogP contribution in [0.15, 0.2) is 18.6 Å². The molecule has 0 bridgehead atoms. The van der Waals surface area contributed by atoms with Gasteiger partial charge in [0, 0.05) is 24.8 Å². The minimum absolute atomic E-state index is 0.559. The molecule has 0 radical (unpaired) electrons. The molecular weight excluding hydrogens is 242 g/mol. The fourth-order valence-electron chi connectivity index (χ4n) is 1.53. The first kappa shape index (κ1) is 13.3. The molecule has 0 aliphatic carbocycles. The van der Waals surface area contributed by atoms with Gasteiger partial charge < -0.3 is 10.1 Å². The van der Waals surface area contributed by atoms with Gasteiger partial charge in [0.15, 0.2) is 5.75 Å². The van der Waals surface area contributed by atoms with Crippen LogP contribution in [0.1, 0.15) is 25.8 Å². The highest BCUT2D eigenvalue weighted by atomic mass is 16.5. The topological polar surface area (TPSA) is 64.9 Å². The maximum absolute atomic E-state index is 5.74. The van der Waals surface area contributed by atoms with Gasteiger partial charge in [0.2, 0.25) is 11.8 Å². The first-order valence-electron chi connectivity index (χ1n) is 6.50. The van der Waals surface area contributed by atoms with Crippen molar-refractivity contribution in [3.63, 3.8) is 0 Å². The Hall–Kier alpha value is -2.11. The van der Waals surface area contributed by atoms with Crippen LogP contribution in [0.3, 0.4) is 0 Å². The van der Waals surface area contributed by atoms with Crippen LogP contribution in [0.4, 0.5) is 5.95 Å². The Bertz CT molecular complexity index is 538. The fourth-order valence-corrected chi connectivity index (χ4v) is 1.53. The van der Waals surface area contributed by atoms with Crippen LogP contribution >= 0.6 is 0 Å². The third-order valence-corrected chi connectivity index (χ3v) is 2.61. The van der Waals surface area contributed by atoms with Gasteiger partial charge in [-0.1, -0.05) is 6.92 Å². The second-order valence-electron chi connectivity index (χ2n) is 4.24. The summed E-state index contributed by atoms with van der Waals surface area (Å²) in [7, 11) is 0. The number of nitrogens with zero attached hydrogens (tertiary/aromatic N) is 4. The van der Waals surface area contributed by atoms with E-state index in [9.17, 15) is 0 Å². The van der Waals surface area contributed by atoms with Crippen LogP contribution in [0.2, 0.25) is 0 Å². The number of anilines is 1. The predicted molar refractivity (Wildman–Crippen MR) is 73.5 cm³/mol. The molecule has 0 aliphatic heterocycles. The Balaban J connectivity index is 2.13. The average Bonchev–Trinajstić information content (AvgIpc) is 2.87. The molecule has 102 valence electrons. The second kappa shape index (κ2) is 6.17. The normalized spacial score (nSPS) is 10.5. The first-order chi connectivity index (χ1) is 9.22. The number of ether oxygens (including phenoxy) is 1. The molecule has 6 nitrogen and oxygen atoms in total. The van der Waals surface area contributed by atoms with Crippen LogP contribution < -0.4 is 10.1 Å². The molecule has 19 heavy (non-hydrogen) atoms. The molecule has 2 rings (SSSR count). The number of rotatable bonds is 6. The Labute approximate surface area is 112 Å². The summed E-state index contributed by atoms with van der Waals surface area (Å²) in [5, 5.41) is 7.31. The maximum Gasteiger partial charge on any atom is 0.227 e. The lowest BCUT2D eigenvalue weighted by Crippen LogP contribution is -2.05. The van der Waals surface area contributed by atoms with Crippen LogP contribution in [0, 0.1) is 6.92 Å². The third-order valence-electron chi connectivity index (χ3n) is 2.61. The summed E-state index contributed by atoms with van der Waals surface area (Å²) in [4.78, 5) is 8.58. The van der Waals surface area contributed by atoms with Gasteiger partial charge in [-0.05, 0) is 20.3 Å². The number of nitrogens with one attached hydrogen (secondary N) is 1.